The van der Waals surface area contributed by atoms with E-state index in [9.17, 15) is 4.79 Å². The van der Waals surface area contributed by atoms with Crippen LogP contribution >= 0.6 is 0 Å². The number of aromatic nitrogens is 2. The zero-order valence-electron chi connectivity index (χ0n) is 13.9. The summed E-state index contributed by atoms with van der Waals surface area (Å²) in [5.41, 5.74) is 5.30. The summed E-state index contributed by atoms with van der Waals surface area (Å²) in [5.74, 6) is 0.514. The first kappa shape index (κ1) is 15.0. The number of nitrogens with zero attached hydrogens (tertiary/aromatic N) is 2. The molecule has 3 rings (SSSR count). The molecule has 1 aliphatic rings. The van der Waals surface area contributed by atoms with Crippen molar-refractivity contribution in [1.82, 2.24) is 9.78 Å². The molecule has 0 amide bonds. The lowest BCUT2D eigenvalue weighted by Crippen LogP contribution is -2.15. The summed E-state index contributed by atoms with van der Waals surface area (Å²) >= 11 is 0. The van der Waals surface area contributed by atoms with Crippen LogP contribution in [0.15, 0.2) is 30.5 Å². The molecule has 3 nitrogen and oxygen atoms in total. The van der Waals surface area contributed by atoms with Crippen LogP contribution in [0, 0.1) is 0 Å². The van der Waals surface area contributed by atoms with E-state index in [2.05, 4.69) is 50.1 Å². The molecule has 1 heterocycles. The molecule has 0 saturated carbocycles. The maximum atomic E-state index is 11.5. The molecule has 22 heavy (non-hydrogen) atoms. The second-order valence-corrected chi connectivity index (χ2v) is 7.38. The molecule has 116 valence electrons. The molecule has 0 N–H and O–H groups in total. The van der Waals surface area contributed by atoms with Crippen LogP contribution in [-0.4, -0.2) is 15.7 Å². The standard InChI is InChI=1S/C19H24N2O/c1-13(22)21-12-16-10-15(8-9-18(16)20-21)14-6-5-7-17(11-14)19(2,3)4/h5-7,11-12,15H,8-10H2,1-4H3. The van der Waals surface area contributed by atoms with Gasteiger partial charge in [0.25, 0.3) is 0 Å². The van der Waals surface area contributed by atoms with E-state index in [0.717, 1.165) is 25.0 Å². The Bertz CT molecular complexity index is 706. The van der Waals surface area contributed by atoms with Crippen molar-refractivity contribution in [3.63, 3.8) is 0 Å². The van der Waals surface area contributed by atoms with Crippen molar-refractivity contribution >= 4 is 5.91 Å². The van der Waals surface area contributed by atoms with Gasteiger partial charge in [-0.25, -0.2) is 4.68 Å². The average Bonchev–Trinajstić information content (AvgIpc) is 2.89. The zero-order chi connectivity index (χ0) is 15.9. The molecule has 1 aromatic heterocycles. The predicted molar refractivity (Wildman–Crippen MR) is 88.4 cm³/mol. The van der Waals surface area contributed by atoms with Gasteiger partial charge >= 0.3 is 0 Å². The molecule has 1 aromatic carbocycles. The SMILES string of the molecule is CC(=O)n1cc2c(n1)CCC(c1cccc(C(C)(C)C)c1)C2. The van der Waals surface area contributed by atoms with Crippen LogP contribution < -0.4 is 0 Å². The fourth-order valence-corrected chi connectivity index (χ4v) is 3.21. The van der Waals surface area contributed by atoms with Gasteiger partial charge in [-0.2, -0.15) is 5.10 Å². The molecular weight excluding hydrogens is 272 g/mol. The van der Waals surface area contributed by atoms with Crippen LogP contribution in [0.5, 0.6) is 0 Å². The highest BCUT2D eigenvalue weighted by atomic mass is 16.2. The van der Waals surface area contributed by atoms with E-state index < -0.39 is 0 Å². The summed E-state index contributed by atoms with van der Waals surface area (Å²) in [5, 5.41) is 4.40. The van der Waals surface area contributed by atoms with E-state index >= 15 is 0 Å². The highest BCUT2D eigenvalue weighted by Crippen LogP contribution is 2.34. The number of carbonyl (C=O) groups excluding carboxylic acids is 1. The monoisotopic (exact) mass is 296 g/mol. The molecule has 0 radical (unpaired) electrons. The van der Waals surface area contributed by atoms with Crippen molar-refractivity contribution < 1.29 is 4.79 Å². The zero-order valence-corrected chi connectivity index (χ0v) is 13.9. The number of hydrogen-bond acceptors (Lipinski definition) is 2. The fourth-order valence-electron chi connectivity index (χ4n) is 3.21. The average molecular weight is 296 g/mol. The quantitative estimate of drug-likeness (QED) is 0.793. The summed E-state index contributed by atoms with van der Waals surface area (Å²) in [7, 11) is 0. The van der Waals surface area contributed by atoms with Gasteiger partial charge in [-0.1, -0.05) is 45.0 Å². The first-order valence-electron chi connectivity index (χ1n) is 8.03. The lowest BCUT2D eigenvalue weighted by Gasteiger charge is -2.25. The third-order valence-corrected chi connectivity index (χ3v) is 4.62. The summed E-state index contributed by atoms with van der Waals surface area (Å²) in [4.78, 5) is 11.5. The molecule has 0 bridgehead atoms. The van der Waals surface area contributed by atoms with Crippen molar-refractivity contribution in [1.29, 1.82) is 0 Å². The Labute approximate surface area is 132 Å². The van der Waals surface area contributed by atoms with Gasteiger partial charge in [-0.15, -0.1) is 0 Å². The maximum absolute atomic E-state index is 11.5. The van der Waals surface area contributed by atoms with Crippen LogP contribution in [0.4, 0.5) is 0 Å². The smallest absolute Gasteiger partial charge is 0.243 e. The third-order valence-electron chi connectivity index (χ3n) is 4.62. The van der Waals surface area contributed by atoms with Crippen LogP contribution in [0.25, 0.3) is 0 Å². The van der Waals surface area contributed by atoms with Crippen molar-refractivity contribution in [2.45, 2.75) is 58.3 Å². The van der Waals surface area contributed by atoms with Gasteiger partial charge in [0.1, 0.15) is 0 Å². The van der Waals surface area contributed by atoms with E-state index in [-0.39, 0.29) is 11.3 Å². The Kier molecular flexibility index (Phi) is 3.67. The summed E-state index contributed by atoms with van der Waals surface area (Å²) in [6, 6.07) is 8.97. The summed E-state index contributed by atoms with van der Waals surface area (Å²) in [6.07, 6.45) is 4.96. The third kappa shape index (κ3) is 2.85. The number of carbonyl (C=O) groups is 1. The second kappa shape index (κ2) is 5.38. The Morgan fingerprint density at radius 1 is 1.32 bits per heavy atom. The summed E-state index contributed by atoms with van der Waals surface area (Å²) < 4.78 is 1.48. The van der Waals surface area contributed by atoms with E-state index in [4.69, 9.17) is 0 Å². The van der Waals surface area contributed by atoms with Gasteiger partial charge in [0.05, 0.1) is 5.69 Å². The molecule has 0 spiro atoms. The van der Waals surface area contributed by atoms with Gasteiger partial charge in [-0.05, 0) is 47.3 Å². The van der Waals surface area contributed by atoms with Crippen LogP contribution in [0.1, 0.15) is 67.2 Å². The van der Waals surface area contributed by atoms with Gasteiger partial charge < -0.3 is 0 Å². The van der Waals surface area contributed by atoms with Gasteiger partial charge in [0.2, 0.25) is 5.91 Å². The van der Waals surface area contributed by atoms with E-state index in [1.54, 1.807) is 6.92 Å². The highest BCUT2D eigenvalue weighted by molar-refractivity contribution is 5.75. The van der Waals surface area contributed by atoms with Gasteiger partial charge in [0, 0.05) is 13.1 Å². The number of benzene rings is 1. The topological polar surface area (TPSA) is 34.9 Å². The second-order valence-electron chi connectivity index (χ2n) is 7.38. The van der Waals surface area contributed by atoms with Crippen molar-refractivity contribution in [2.75, 3.05) is 0 Å². The minimum Gasteiger partial charge on any atom is -0.273 e. The highest BCUT2D eigenvalue weighted by Gasteiger charge is 2.24. The minimum absolute atomic E-state index is 0.0133. The van der Waals surface area contributed by atoms with Crippen LogP contribution in [0.2, 0.25) is 0 Å². The molecular formula is C19H24N2O. The van der Waals surface area contributed by atoms with Crippen molar-refractivity contribution in [3.05, 3.63) is 52.8 Å². The number of fused-ring (bicyclic) bond motifs is 1. The molecule has 3 heteroatoms. The maximum Gasteiger partial charge on any atom is 0.243 e. The van der Waals surface area contributed by atoms with E-state index in [1.165, 1.54) is 21.4 Å². The largest absolute Gasteiger partial charge is 0.273 e. The Morgan fingerprint density at radius 2 is 2.09 bits per heavy atom. The van der Waals surface area contributed by atoms with Crippen LogP contribution in [0.3, 0.4) is 0 Å². The molecule has 0 saturated heterocycles. The first-order chi connectivity index (χ1) is 10.3. The van der Waals surface area contributed by atoms with Crippen LogP contribution in [-0.2, 0) is 18.3 Å². The number of hydrogen-bond donors (Lipinski definition) is 0. The molecule has 1 atom stereocenters. The minimum atomic E-state index is -0.0133. The molecule has 0 fully saturated rings. The molecule has 2 aromatic rings. The normalized spacial score (nSPS) is 18.1. The molecule has 1 aliphatic carbocycles. The van der Waals surface area contributed by atoms with Crippen molar-refractivity contribution in [2.24, 2.45) is 0 Å². The number of aryl methyl sites for hydroxylation is 1. The lowest BCUT2D eigenvalue weighted by molar-refractivity contribution is 0.0920. The summed E-state index contributed by atoms with van der Waals surface area (Å²) in [6.45, 7) is 8.31. The van der Waals surface area contributed by atoms with E-state index in [1.807, 2.05) is 6.20 Å². The fraction of sp³-hybridized carbons (Fsp3) is 0.474. The lowest BCUT2D eigenvalue weighted by atomic mass is 9.80. The molecule has 0 aliphatic heterocycles. The Balaban J connectivity index is 1.87. The van der Waals surface area contributed by atoms with E-state index in [0.29, 0.717) is 5.92 Å². The Hall–Kier alpha value is -1.90. The first-order valence-corrected chi connectivity index (χ1v) is 8.03. The molecule has 1 unspecified atom stereocenters. The Morgan fingerprint density at radius 3 is 2.77 bits per heavy atom. The van der Waals surface area contributed by atoms with Gasteiger partial charge in [0.15, 0.2) is 0 Å². The number of rotatable bonds is 1. The van der Waals surface area contributed by atoms with Gasteiger partial charge in [-0.3, -0.25) is 4.79 Å². The van der Waals surface area contributed by atoms with Crippen molar-refractivity contribution in [3.8, 4) is 0 Å². The predicted octanol–water partition coefficient (Wildman–Crippen LogP) is 4.11.